The minimum absolute atomic E-state index is 0.616. The van der Waals surface area contributed by atoms with Crippen LogP contribution in [0.2, 0.25) is 0 Å². The van der Waals surface area contributed by atoms with E-state index in [1.807, 2.05) is 20.8 Å². The van der Waals surface area contributed by atoms with E-state index in [0.717, 1.165) is 22.6 Å². The lowest BCUT2D eigenvalue weighted by Crippen LogP contribution is -2.04. The van der Waals surface area contributed by atoms with E-state index < -0.39 is 0 Å². The lowest BCUT2D eigenvalue weighted by atomic mass is 10.2. The predicted octanol–water partition coefficient (Wildman–Crippen LogP) is 2.00. The lowest BCUT2D eigenvalue weighted by molar-refractivity contribution is 0.392. The zero-order chi connectivity index (χ0) is 11.5. The van der Waals surface area contributed by atoms with Crippen molar-refractivity contribution in [3.8, 4) is 0 Å². The second-order valence-corrected chi connectivity index (χ2v) is 3.74. The Morgan fingerprint density at radius 3 is 2.44 bits per heavy atom. The van der Waals surface area contributed by atoms with Crippen molar-refractivity contribution in [3.05, 3.63) is 35.0 Å². The molecule has 0 unspecified atom stereocenters. The highest BCUT2D eigenvalue weighted by atomic mass is 16.5. The fourth-order valence-corrected chi connectivity index (χ4v) is 1.41. The Morgan fingerprint density at radius 1 is 1.19 bits per heavy atom. The van der Waals surface area contributed by atoms with Gasteiger partial charge in [0.05, 0.1) is 5.69 Å². The molecule has 2 aromatic heterocycles. The van der Waals surface area contributed by atoms with Crippen molar-refractivity contribution >= 4 is 5.95 Å². The highest BCUT2D eigenvalue weighted by Gasteiger charge is 2.08. The van der Waals surface area contributed by atoms with Crippen LogP contribution in [0, 0.1) is 20.8 Å². The minimum atomic E-state index is 0.616. The van der Waals surface area contributed by atoms with Crippen molar-refractivity contribution in [2.75, 3.05) is 5.32 Å². The van der Waals surface area contributed by atoms with Crippen molar-refractivity contribution in [1.82, 2.24) is 15.1 Å². The van der Waals surface area contributed by atoms with Gasteiger partial charge >= 0.3 is 0 Å². The van der Waals surface area contributed by atoms with Gasteiger partial charge in [-0.2, -0.15) is 0 Å². The molecule has 0 aliphatic carbocycles. The predicted molar refractivity (Wildman–Crippen MR) is 60.1 cm³/mol. The van der Waals surface area contributed by atoms with Gasteiger partial charge in [-0.05, 0) is 26.3 Å². The van der Waals surface area contributed by atoms with Gasteiger partial charge in [0, 0.05) is 24.5 Å². The van der Waals surface area contributed by atoms with Crippen LogP contribution in [-0.2, 0) is 6.54 Å². The van der Waals surface area contributed by atoms with Gasteiger partial charge in [0.15, 0.2) is 0 Å². The Morgan fingerprint density at radius 2 is 1.88 bits per heavy atom. The average molecular weight is 218 g/mol. The second-order valence-electron chi connectivity index (χ2n) is 3.74. The van der Waals surface area contributed by atoms with Crippen molar-refractivity contribution < 1.29 is 4.52 Å². The summed E-state index contributed by atoms with van der Waals surface area (Å²) < 4.78 is 5.07. The molecule has 0 saturated heterocycles. The number of aromatic nitrogens is 3. The summed E-state index contributed by atoms with van der Waals surface area (Å²) >= 11 is 0. The third-order valence-electron chi connectivity index (χ3n) is 2.39. The molecule has 16 heavy (non-hydrogen) atoms. The Kier molecular flexibility index (Phi) is 2.85. The van der Waals surface area contributed by atoms with Crippen LogP contribution in [-0.4, -0.2) is 15.1 Å². The van der Waals surface area contributed by atoms with Gasteiger partial charge in [-0.3, -0.25) is 0 Å². The molecule has 0 aliphatic heterocycles. The van der Waals surface area contributed by atoms with Crippen LogP contribution < -0.4 is 5.32 Å². The molecule has 0 aliphatic rings. The smallest absolute Gasteiger partial charge is 0.222 e. The SMILES string of the molecule is Cc1cnc(NCc2c(C)noc2C)nc1. The van der Waals surface area contributed by atoms with Crippen LogP contribution in [0.25, 0.3) is 0 Å². The summed E-state index contributed by atoms with van der Waals surface area (Å²) in [4.78, 5) is 8.33. The molecule has 0 aromatic carbocycles. The number of anilines is 1. The van der Waals surface area contributed by atoms with Crippen LogP contribution in [0.5, 0.6) is 0 Å². The maximum atomic E-state index is 5.07. The van der Waals surface area contributed by atoms with E-state index in [0.29, 0.717) is 12.5 Å². The van der Waals surface area contributed by atoms with Gasteiger partial charge in [-0.1, -0.05) is 5.16 Å². The number of aryl methyl sites for hydroxylation is 3. The Balaban J connectivity index is 2.05. The first kappa shape index (κ1) is 10.6. The summed E-state index contributed by atoms with van der Waals surface area (Å²) in [5, 5.41) is 7.02. The van der Waals surface area contributed by atoms with E-state index in [1.54, 1.807) is 12.4 Å². The van der Waals surface area contributed by atoms with Gasteiger partial charge in [0.25, 0.3) is 0 Å². The number of rotatable bonds is 3. The van der Waals surface area contributed by atoms with Crippen molar-refractivity contribution in [2.24, 2.45) is 0 Å². The van der Waals surface area contributed by atoms with E-state index >= 15 is 0 Å². The van der Waals surface area contributed by atoms with Crippen LogP contribution >= 0.6 is 0 Å². The maximum absolute atomic E-state index is 5.07. The molecule has 2 aromatic rings. The average Bonchev–Trinajstić information content (AvgIpc) is 2.59. The molecule has 0 fully saturated rings. The molecule has 5 nitrogen and oxygen atoms in total. The number of nitrogens with one attached hydrogen (secondary N) is 1. The fraction of sp³-hybridized carbons (Fsp3) is 0.364. The summed E-state index contributed by atoms with van der Waals surface area (Å²) in [5.41, 5.74) is 3.00. The number of hydrogen-bond donors (Lipinski definition) is 1. The summed E-state index contributed by atoms with van der Waals surface area (Å²) in [6.07, 6.45) is 3.56. The highest BCUT2D eigenvalue weighted by molar-refractivity contribution is 5.30. The molecule has 0 amide bonds. The van der Waals surface area contributed by atoms with Crippen LogP contribution in [0.1, 0.15) is 22.6 Å². The zero-order valence-electron chi connectivity index (χ0n) is 9.61. The third kappa shape index (κ3) is 2.18. The summed E-state index contributed by atoms with van der Waals surface area (Å²) in [7, 11) is 0. The Labute approximate surface area is 93.9 Å². The van der Waals surface area contributed by atoms with Crippen molar-refractivity contribution in [1.29, 1.82) is 0 Å². The Bertz CT molecular complexity index is 456. The van der Waals surface area contributed by atoms with Gasteiger partial charge in [0.1, 0.15) is 5.76 Å². The van der Waals surface area contributed by atoms with Gasteiger partial charge < -0.3 is 9.84 Å². The maximum Gasteiger partial charge on any atom is 0.222 e. The van der Waals surface area contributed by atoms with E-state index in [4.69, 9.17) is 4.52 Å². The minimum Gasteiger partial charge on any atom is -0.361 e. The van der Waals surface area contributed by atoms with E-state index in [9.17, 15) is 0 Å². The van der Waals surface area contributed by atoms with Crippen molar-refractivity contribution in [2.45, 2.75) is 27.3 Å². The molecule has 2 rings (SSSR count). The standard InChI is InChI=1S/C11H14N4O/c1-7-4-12-11(13-5-7)14-6-10-8(2)15-16-9(10)3/h4-5H,6H2,1-3H3,(H,12,13,14). The van der Waals surface area contributed by atoms with Gasteiger partial charge in [-0.15, -0.1) is 0 Å². The van der Waals surface area contributed by atoms with Crippen LogP contribution in [0.15, 0.2) is 16.9 Å². The first-order valence-electron chi connectivity index (χ1n) is 5.11. The van der Waals surface area contributed by atoms with Gasteiger partial charge in [-0.25, -0.2) is 9.97 Å². The molecular formula is C11H14N4O. The summed E-state index contributed by atoms with van der Waals surface area (Å²) in [5.74, 6) is 1.45. The molecule has 0 bridgehead atoms. The highest BCUT2D eigenvalue weighted by Crippen LogP contribution is 2.13. The van der Waals surface area contributed by atoms with E-state index in [1.165, 1.54) is 0 Å². The molecule has 84 valence electrons. The first-order chi connectivity index (χ1) is 7.66. The molecular weight excluding hydrogens is 204 g/mol. The number of hydrogen-bond acceptors (Lipinski definition) is 5. The van der Waals surface area contributed by atoms with E-state index in [-0.39, 0.29) is 0 Å². The molecule has 5 heteroatoms. The fourth-order valence-electron chi connectivity index (χ4n) is 1.41. The Hall–Kier alpha value is -1.91. The molecule has 2 heterocycles. The normalized spacial score (nSPS) is 10.4. The zero-order valence-corrected chi connectivity index (χ0v) is 9.61. The molecule has 0 saturated carbocycles. The molecule has 0 atom stereocenters. The quantitative estimate of drug-likeness (QED) is 0.853. The largest absolute Gasteiger partial charge is 0.361 e. The lowest BCUT2D eigenvalue weighted by Gasteiger charge is -2.03. The molecule has 0 radical (unpaired) electrons. The second kappa shape index (κ2) is 4.30. The third-order valence-corrected chi connectivity index (χ3v) is 2.39. The first-order valence-corrected chi connectivity index (χ1v) is 5.11. The topological polar surface area (TPSA) is 63.8 Å². The monoisotopic (exact) mass is 218 g/mol. The molecule has 0 spiro atoms. The van der Waals surface area contributed by atoms with Gasteiger partial charge in [0.2, 0.25) is 5.95 Å². The number of nitrogens with zero attached hydrogens (tertiary/aromatic N) is 3. The summed E-state index contributed by atoms with van der Waals surface area (Å²) in [6.45, 7) is 6.40. The van der Waals surface area contributed by atoms with Crippen LogP contribution in [0.3, 0.4) is 0 Å². The molecule has 1 N–H and O–H groups in total. The van der Waals surface area contributed by atoms with Crippen LogP contribution in [0.4, 0.5) is 5.95 Å². The van der Waals surface area contributed by atoms with Crippen molar-refractivity contribution in [3.63, 3.8) is 0 Å². The summed E-state index contributed by atoms with van der Waals surface area (Å²) in [6, 6.07) is 0. The van der Waals surface area contributed by atoms with E-state index in [2.05, 4.69) is 20.4 Å².